The van der Waals surface area contributed by atoms with Gasteiger partial charge in [-0.3, -0.25) is 13.9 Å². The van der Waals surface area contributed by atoms with Crippen LogP contribution >= 0.6 is 11.6 Å². The van der Waals surface area contributed by atoms with E-state index in [0.29, 0.717) is 10.7 Å². The van der Waals surface area contributed by atoms with E-state index in [2.05, 4.69) is 17.4 Å². The van der Waals surface area contributed by atoms with Crippen molar-refractivity contribution in [1.29, 1.82) is 0 Å². The van der Waals surface area contributed by atoms with Gasteiger partial charge in [-0.05, 0) is 125 Å². The molecule has 4 saturated carbocycles. The van der Waals surface area contributed by atoms with Gasteiger partial charge in [0, 0.05) is 17.1 Å². The molecule has 0 saturated heterocycles. The molecule has 6 rings (SSSR count). The molecule has 4 aliphatic carbocycles. The minimum Gasteiger partial charge on any atom is -0.350 e. The fourth-order valence-electron chi connectivity index (χ4n) is 7.95. The number of hydrogen-bond acceptors (Lipinski definition) is 4. The van der Waals surface area contributed by atoms with Crippen LogP contribution in [0.15, 0.2) is 48.5 Å². The number of amides is 2. The monoisotopic (exact) mass is 613 g/mol. The largest absolute Gasteiger partial charge is 0.350 e. The van der Waals surface area contributed by atoms with E-state index >= 15 is 0 Å². The van der Waals surface area contributed by atoms with Crippen molar-refractivity contribution in [3.63, 3.8) is 0 Å². The number of anilines is 1. The van der Waals surface area contributed by atoms with Crippen LogP contribution in [-0.4, -0.2) is 49.5 Å². The number of nitrogens with one attached hydrogen (secondary N) is 1. The lowest BCUT2D eigenvalue weighted by Crippen LogP contribution is -2.54. The van der Waals surface area contributed by atoms with Gasteiger partial charge in [0.2, 0.25) is 21.8 Å². The van der Waals surface area contributed by atoms with Crippen LogP contribution in [-0.2, 0) is 31.6 Å². The summed E-state index contributed by atoms with van der Waals surface area (Å²) in [6.07, 6.45) is 8.86. The Bertz CT molecular complexity index is 1400. The molecule has 228 valence electrons. The van der Waals surface area contributed by atoms with Crippen molar-refractivity contribution >= 4 is 39.1 Å². The van der Waals surface area contributed by atoms with Crippen molar-refractivity contribution in [2.45, 2.75) is 89.8 Å². The maximum atomic E-state index is 13.9. The van der Waals surface area contributed by atoms with Gasteiger partial charge in [0.25, 0.3) is 0 Å². The van der Waals surface area contributed by atoms with Crippen LogP contribution in [0.1, 0.15) is 77.3 Å². The SMILES string of the molecule is CC(C(=O)NC(C)(C)C)N(Cc1cccc(Cl)c1)C(=O)CN(c1ccc(C23CC4CC(CC(C4)C2)C3)cc1)S(C)(=O)=O. The lowest BCUT2D eigenvalue weighted by Gasteiger charge is -2.57. The van der Waals surface area contributed by atoms with Crippen LogP contribution < -0.4 is 9.62 Å². The van der Waals surface area contributed by atoms with Crippen molar-refractivity contribution < 1.29 is 18.0 Å². The molecule has 4 aliphatic rings. The van der Waals surface area contributed by atoms with Crippen molar-refractivity contribution in [2.24, 2.45) is 17.8 Å². The third kappa shape index (κ3) is 6.80. The minimum atomic E-state index is -3.79. The maximum absolute atomic E-state index is 13.9. The summed E-state index contributed by atoms with van der Waals surface area (Å²) in [5.74, 6) is 1.64. The summed E-state index contributed by atoms with van der Waals surface area (Å²) >= 11 is 6.20. The molecule has 4 bridgehead atoms. The Balaban J connectivity index is 1.39. The van der Waals surface area contributed by atoms with Crippen LogP contribution in [0.5, 0.6) is 0 Å². The molecule has 0 aromatic heterocycles. The van der Waals surface area contributed by atoms with E-state index < -0.39 is 34.1 Å². The average Bonchev–Trinajstić information content (AvgIpc) is 2.87. The number of carbonyl (C=O) groups is 2. The highest BCUT2D eigenvalue weighted by Gasteiger charge is 2.51. The van der Waals surface area contributed by atoms with E-state index in [1.54, 1.807) is 25.1 Å². The Hall–Kier alpha value is -2.58. The van der Waals surface area contributed by atoms with Gasteiger partial charge in [0.1, 0.15) is 12.6 Å². The van der Waals surface area contributed by atoms with Gasteiger partial charge < -0.3 is 10.2 Å². The Labute approximate surface area is 256 Å². The standard InChI is InChI=1S/C33H44ClN3O4S/c1-22(31(39)35-32(2,3)4)36(20-23-7-6-8-28(34)16-23)30(38)21-37(42(5,40)41)29-11-9-27(10-12-29)33-17-24-13-25(18-33)15-26(14-24)19-33/h6-12,16,22,24-26H,13-15,17-21H2,1-5H3,(H,35,39). The number of halogens is 1. The number of sulfonamides is 1. The Morgan fingerprint density at radius 1 is 1.00 bits per heavy atom. The highest BCUT2D eigenvalue weighted by molar-refractivity contribution is 7.92. The summed E-state index contributed by atoms with van der Waals surface area (Å²) in [5.41, 5.74) is 2.20. The molecule has 42 heavy (non-hydrogen) atoms. The first kappa shape index (κ1) is 30.9. The van der Waals surface area contributed by atoms with E-state index in [-0.39, 0.29) is 17.9 Å². The average molecular weight is 614 g/mol. The molecule has 1 unspecified atom stereocenters. The van der Waals surface area contributed by atoms with Crippen molar-refractivity contribution in [3.05, 3.63) is 64.7 Å². The molecular formula is C33H44ClN3O4S. The fourth-order valence-corrected chi connectivity index (χ4v) is 9.01. The summed E-state index contributed by atoms with van der Waals surface area (Å²) in [6.45, 7) is 6.98. The number of nitrogens with zero attached hydrogens (tertiary/aromatic N) is 2. The molecule has 4 fully saturated rings. The maximum Gasteiger partial charge on any atom is 0.244 e. The smallest absolute Gasteiger partial charge is 0.244 e. The van der Waals surface area contributed by atoms with Gasteiger partial charge in [-0.2, -0.15) is 0 Å². The summed E-state index contributed by atoms with van der Waals surface area (Å²) in [6, 6.07) is 14.1. The number of hydrogen-bond donors (Lipinski definition) is 1. The lowest BCUT2D eigenvalue weighted by molar-refractivity contribution is -0.140. The van der Waals surface area contributed by atoms with Crippen molar-refractivity contribution in [1.82, 2.24) is 10.2 Å². The highest BCUT2D eigenvalue weighted by atomic mass is 35.5. The third-order valence-electron chi connectivity index (χ3n) is 9.39. The van der Waals surface area contributed by atoms with Crippen LogP contribution in [0.25, 0.3) is 0 Å². The van der Waals surface area contributed by atoms with E-state index in [1.807, 2.05) is 39.0 Å². The van der Waals surface area contributed by atoms with Gasteiger partial charge in [-0.15, -0.1) is 0 Å². The summed E-state index contributed by atoms with van der Waals surface area (Å²) in [7, 11) is -3.79. The van der Waals surface area contributed by atoms with Crippen LogP contribution in [0.3, 0.4) is 0 Å². The second-order valence-electron chi connectivity index (χ2n) is 14.1. The molecule has 2 aromatic carbocycles. The predicted molar refractivity (Wildman–Crippen MR) is 168 cm³/mol. The number of benzene rings is 2. The normalized spacial score (nSPS) is 25.6. The zero-order valence-corrected chi connectivity index (χ0v) is 27.0. The predicted octanol–water partition coefficient (Wildman–Crippen LogP) is 5.91. The zero-order chi connectivity index (χ0) is 30.4. The van der Waals surface area contributed by atoms with E-state index in [4.69, 9.17) is 11.6 Å². The molecule has 1 atom stereocenters. The highest BCUT2D eigenvalue weighted by Crippen LogP contribution is 2.60. The molecule has 0 heterocycles. The fraction of sp³-hybridized carbons (Fsp3) is 0.576. The Kier molecular flexibility index (Phi) is 8.45. The number of carbonyl (C=O) groups excluding carboxylic acids is 2. The van der Waals surface area contributed by atoms with Gasteiger partial charge in [-0.25, -0.2) is 8.42 Å². The lowest BCUT2D eigenvalue weighted by atomic mass is 9.48. The molecule has 1 N–H and O–H groups in total. The van der Waals surface area contributed by atoms with E-state index in [1.165, 1.54) is 49.0 Å². The van der Waals surface area contributed by atoms with Crippen molar-refractivity contribution in [3.8, 4) is 0 Å². The summed E-state index contributed by atoms with van der Waals surface area (Å²) in [4.78, 5) is 28.5. The molecule has 2 aromatic rings. The van der Waals surface area contributed by atoms with Gasteiger partial charge in [0.15, 0.2) is 0 Å². The molecule has 0 spiro atoms. The summed E-state index contributed by atoms with van der Waals surface area (Å²) < 4.78 is 27.2. The molecular weight excluding hydrogens is 570 g/mol. The molecule has 9 heteroatoms. The topological polar surface area (TPSA) is 86.8 Å². The summed E-state index contributed by atoms with van der Waals surface area (Å²) in [5, 5.41) is 3.45. The molecule has 0 aliphatic heterocycles. The van der Waals surface area contributed by atoms with Crippen LogP contribution in [0.4, 0.5) is 5.69 Å². The minimum absolute atomic E-state index is 0.112. The van der Waals surface area contributed by atoms with Crippen molar-refractivity contribution in [2.75, 3.05) is 17.1 Å². The quantitative estimate of drug-likeness (QED) is 0.381. The number of rotatable bonds is 9. The van der Waals surface area contributed by atoms with Gasteiger partial charge >= 0.3 is 0 Å². The van der Waals surface area contributed by atoms with Gasteiger partial charge in [-0.1, -0.05) is 35.9 Å². The molecule has 7 nitrogen and oxygen atoms in total. The Morgan fingerprint density at radius 2 is 1.57 bits per heavy atom. The second-order valence-corrected chi connectivity index (χ2v) is 16.4. The second kappa shape index (κ2) is 11.5. The third-order valence-corrected chi connectivity index (χ3v) is 10.8. The van der Waals surface area contributed by atoms with Gasteiger partial charge in [0.05, 0.1) is 11.9 Å². The van der Waals surface area contributed by atoms with Crippen LogP contribution in [0, 0.1) is 17.8 Å². The zero-order valence-electron chi connectivity index (χ0n) is 25.4. The first-order valence-electron chi connectivity index (χ1n) is 15.1. The molecule has 2 amide bonds. The first-order valence-corrected chi connectivity index (χ1v) is 17.3. The first-order chi connectivity index (χ1) is 19.6. The van der Waals surface area contributed by atoms with E-state index in [0.717, 1.165) is 33.9 Å². The molecule has 0 radical (unpaired) electrons. The van der Waals surface area contributed by atoms with E-state index in [9.17, 15) is 18.0 Å². The van der Waals surface area contributed by atoms with Crippen LogP contribution in [0.2, 0.25) is 5.02 Å². The Morgan fingerprint density at radius 3 is 2.07 bits per heavy atom.